The van der Waals surface area contributed by atoms with E-state index >= 15 is 0 Å². The average molecular weight is 493 g/mol. The number of ether oxygens (including phenoxy) is 1. The van der Waals surface area contributed by atoms with E-state index in [-0.39, 0.29) is 11.8 Å². The summed E-state index contributed by atoms with van der Waals surface area (Å²) in [6, 6.07) is 5.67. The van der Waals surface area contributed by atoms with Crippen LogP contribution in [0.15, 0.2) is 24.4 Å². The van der Waals surface area contributed by atoms with E-state index in [0.717, 1.165) is 30.9 Å². The number of hydrogen-bond acceptors (Lipinski definition) is 7. The predicted octanol–water partition coefficient (Wildman–Crippen LogP) is 4.12. The van der Waals surface area contributed by atoms with Gasteiger partial charge in [0.05, 0.1) is 24.4 Å². The summed E-state index contributed by atoms with van der Waals surface area (Å²) in [6.45, 7) is 5.33. The maximum Gasteiger partial charge on any atom is 0.251 e. The molecule has 1 aromatic carbocycles. The molecular weight excluding hydrogens is 456 g/mol. The molecule has 9 nitrogen and oxygen atoms in total. The van der Waals surface area contributed by atoms with Crippen molar-refractivity contribution in [2.75, 3.05) is 42.4 Å². The number of methoxy groups -OCH3 is 1. The maximum absolute atomic E-state index is 13.2. The first-order valence-electron chi connectivity index (χ1n) is 12.9. The van der Waals surface area contributed by atoms with Crippen LogP contribution in [0.1, 0.15) is 62.7 Å². The van der Waals surface area contributed by atoms with Crippen LogP contribution in [0, 0.1) is 11.3 Å². The van der Waals surface area contributed by atoms with Crippen molar-refractivity contribution in [1.29, 1.82) is 0 Å². The number of hydrogen-bond donors (Lipinski definition) is 2. The molecule has 2 heterocycles. The van der Waals surface area contributed by atoms with Gasteiger partial charge in [0.2, 0.25) is 11.9 Å². The first-order chi connectivity index (χ1) is 17.3. The molecule has 0 bridgehead atoms. The zero-order chi connectivity index (χ0) is 25.4. The van der Waals surface area contributed by atoms with E-state index in [4.69, 9.17) is 9.72 Å². The summed E-state index contributed by atoms with van der Waals surface area (Å²) in [7, 11) is 3.38. The molecule has 2 amide bonds. The fourth-order valence-corrected chi connectivity index (χ4v) is 5.24. The number of rotatable bonds is 7. The molecule has 1 aliphatic heterocycles. The second kappa shape index (κ2) is 9.59. The van der Waals surface area contributed by atoms with Crippen LogP contribution < -0.4 is 25.2 Å². The third-order valence-corrected chi connectivity index (χ3v) is 7.56. The largest absolute Gasteiger partial charge is 0.495 e. The van der Waals surface area contributed by atoms with Crippen LogP contribution in [0.2, 0.25) is 0 Å². The van der Waals surface area contributed by atoms with E-state index < -0.39 is 5.41 Å². The topological polar surface area (TPSA) is 99.7 Å². The Hall–Kier alpha value is -3.36. The van der Waals surface area contributed by atoms with Gasteiger partial charge in [0, 0.05) is 31.7 Å². The van der Waals surface area contributed by atoms with Gasteiger partial charge in [-0.2, -0.15) is 4.98 Å². The number of anilines is 4. The number of aromatic nitrogens is 2. The second-order valence-corrected chi connectivity index (χ2v) is 10.9. The standard InChI is InChI=1S/C27H36N6O3/c1-27(2)16-33(19-7-5-6-8-19)23-21(32(3)25(27)35)15-29-26(31-23)30-20-12-11-18(13-22(20)36-4)24(34)28-14-17-9-10-17/h11-13,15,17,19H,5-10,14,16H2,1-4H3,(H,28,34)(H,29,30,31). The zero-order valence-electron chi connectivity index (χ0n) is 21.6. The third kappa shape index (κ3) is 4.83. The first kappa shape index (κ1) is 24.3. The van der Waals surface area contributed by atoms with Crippen LogP contribution in [0.5, 0.6) is 5.75 Å². The van der Waals surface area contributed by atoms with Gasteiger partial charge in [-0.3, -0.25) is 9.59 Å². The van der Waals surface area contributed by atoms with Crippen molar-refractivity contribution in [2.24, 2.45) is 11.3 Å². The Labute approximate surface area is 212 Å². The van der Waals surface area contributed by atoms with Crippen molar-refractivity contribution in [3.63, 3.8) is 0 Å². The molecule has 9 heteroatoms. The summed E-state index contributed by atoms with van der Waals surface area (Å²) in [5, 5.41) is 6.26. The molecule has 5 rings (SSSR count). The molecular formula is C27H36N6O3. The highest BCUT2D eigenvalue weighted by Gasteiger charge is 2.41. The monoisotopic (exact) mass is 492 g/mol. The molecule has 2 saturated carbocycles. The van der Waals surface area contributed by atoms with Gasteiger partial charge in [0.1, 0.15) is 11.4 Å². The Morgan fingerprint density at radius 2 is 1.94 bits per heavy atom. The highest BCUT2D eigenvalue weighted by atomic mass is 16.5. The van der Waals surface area contributed by atoms with E-state index in [9.17, 15) is 9.59 Å². The van der Waals surface area contributed by atoms with Gasteiger partial charge in [-0.05, 0) is 63.6 Å². The molecule has 2 fully saturated rings. The van der Waals surface area contributed by atoms with Crippen LogP contribution in [-0.4, -0.2) is 55.1 Å². The van der Waals surface area contributed by atoms with Gasteiger partial charge >= 0.3 is 0 Å². The van der Waals surface area contributed by atoms with E-state index in [1.165, 1.54) is 25.7 Å². The fraction of sp³-hybridized carbons (Fsp3) is 0.556. The molecule has 0 saturated heterocycles. The van der Waals surface area contributed by atoms with E-state index in [1.54, 1.807) is 37.4 Å². The average Bonchev–Trinajstić information content (AvgIpc) is 3.56. The Balaban J connectivity index is 1.43. The van der Waals surface area contributed by atoms with Gasteiger partial charge in [-0.15, -0.1) is 0 Å². The van der Waals surface area contributed by atoms with Gasteiger partial charge in [0.25, 0.3) is 5.91 Å². The molecule has 36 heavy (non-hydrogen) atoms. The predicted molar refractivity (Wildman–Crippen MR) is 140 cm³/mol. The number of nitrogens with one attached hydrogen (secondary N) is 2. The Kier molecular flexibility index (Phi) is 6.49. The number of nitrogens with zero attached hydrogens (tertiary/aromatic N) is 4. The summed E-state index contributed by atoms with van der Waals surface area (Å²) >= 11 is 0. The van der Waals surface area contributed by atoms with Crippen molar-refractivity contribution in [3.8, 4) is 5.75 Å². The van der Waals surface area contributed by atoms with Crippen LogP contribution in [-0.2, 0) is 4.79 Å². The fourth-order valence-electron chi connectivity index (χ4n) is 5.24. The number of amides is 2. The Morgan fingerprint density at radius 3 is 2.64 bits per heavy atom. The van der Waals surface area contributed by atoms with Crippen LogP contribution >= 0.6 is 0 Å². The van der Waals surface area contributed by atoms with E-state index in [0.29, 0.717) is 41.5 Å². The summed E-state index contributed by atoms with van der Waals surface area (Å²) in [6.07, 6.45) is 8.66. The minimum Gasteiger partial charge on any atom is -0.495 e. The smallest absolute Gasteiger partial charge is 0.251 e. The maximum atomic E-state index is 13.2. The molecule has 192 valence electrons. The van der Waals surface area contributed by atoms with Crippen molar-refractivity contribution in [1.82, 2.24) is 15.3 Å². The summed E-state index contributed by atoms with van der Waals surface area (Å²) in [4.78, 5) is 39.2. The van der Waals surface area contributed by atoms with Gasteiger partial charge < -0.3 is 25.2 Å². The third-order valence-electron chi connectivity index (χ3n) is 7.56. The van der Waals surface area contributed by atoms with E-state index in [2.05, 4.69) is 20.5 Å². The lowest BCUT2D eigenvalue weighted by Crippen LogP contribution is -2.45. The quantitative estimate of drug-likeness (QED) is 0.600. The highest BCUT2D eigenvalue weighted by molar-refractivity contribution is 6.01. The van der Waals surface area contributed by atoms with Crippen molar-refractivity contribution >= 4 is 35.0 Å². The lowest BCUT2D eigenvalue weighted by atomic mass is 9.91. The molecule has 3 aliphatic rings. The number of carbonyl (C=O) groups excluding carboxylic acids is 2. The van der Waals surface area contributed by atoms with Gasteiger partial charge in [-0.25, -0.2) is 4.98 Å². The first-order valence-corrected chi connectivity index (χ1v) is 12.9. The van der Waals surface area contributed by atoms with Crippen molar-refractivity contribution < 1.29 is 14.3 Å². The molecule has 0 radical (unpaired) electrons. The molecule has 2 aliphatic carbocycles. The molecule has 1 aromatic heterocycles. The molecule has 0 atom stereocenters. The number of carbonyl (C=O) groups is 2. The normalized spacial score (nSPS) is 19.6. The van der Waals surface area contributed by atoms with Gasteiger partial charge in [0.15, 0.2) is 5.82 Å². The number of fused-ring (bicyclic) bond motifs is 1. The Bertz CT molecular complexity index is 1160. The highest BCUT2D eigenvalue weighted by Crippen LogP contribution is 2.40. The molecule has 0 unspecified atom stereocenters. The lowest BCUT2D eigenvalue weighted by Gasteiger charge is -2.34. The Morgan fingerprint density at radius 1 is 1.19 bits per heavy atom. The van der Waals surface area contributed by atoms with Gasteiger partial charge in [-0.1, -0.05) is 12.8 Å². The minimum atomic E-state index is -0.537. The summed E-state index contributed by atoms with van der Waals surface area (Å²) < 4.78 is 5.58. The second-order valence-electron chi connectivity index (χ2n) is 10.9. The SMILES string of the molecule is COc1cc(C(=O)NCC2CC2)ccc1Nc1ncc2c(n1)N(C1CCCC1)CC(C)(C)C(=O)N2C. The van der Waals surface area contributed by atoms with Crippen LogP contribution in [0.25, 0.3) is 0 Å². The molecule has 2 N–H and O–H groups in total. The number of benzene rings is 1. The molecule has 0 spiro atoms. The lowest BCUT2D eigenvalue weighted by molar-refractivity contribution is -0.125. The van der Waals surface area contributed by atoms with Crippen LogP contribution in [0.3, 0.4) is 0 Å². The minimum absolute atomic E-state index is 0.0609. The van der Waals surface area contributed by atoms with E-state index in [1.807, 2.05) is 19.9 Å². The summed E-state index contributed by atoms with van der Waals surface area (Å²) in [5.74, 6) is 2.30. The van der Waals surface area contributed by atoms with Crippen molar-refractivity contribution in [2.45, 2.75) is 58.4 Å². The zero-order valence-corrected chi connectivity index (χ0v) is 21.6. The van der Waals surface area contributed by atoms with Crippen molar-refractivity contribution in [3.05, 3.63) is 30.0 Å². The molecule has 2 aromatic rings. The van der Waals surface area contributed by atoms with Crippen LogP contribution in [0.4, 0.5) is 23.1 Å². The summed E-state index contributed by atoms with van der Waals surface area (Å²) in [5.41, 5.74) is 1.40.